The monoisotopic (exact) mass is 521 g/mol. The number of rotatable bonds is 8. The van der Waals surface area contributed by atoms with Crippen LogP contribution in [0.15, 0.2) is 12.3 Å². The van der Waals surface area contributed by atoms with Crippen LogP contribution in [-0.4, -0.2) is 62.1 Å². The summed E-state index contributed by atoms with van der Waals surface area (Å²) in [6, 6.07) is 1.31. The molecule has 36 heavy (non-hydrogen) atoms. The topological polar surface area (TPSA) is 107 Å². The van der Waals surface area contributed by atoms with E-state index >= 15 is 0 Å². The first-order valence-electron chi connectivity index (χ1n) is 12.3. The molecule has 1 aliphatic heterocycles. The van der Waals surface area contributed by atoms with Crippen molar-refractivity contribution in [3.63, 3.8) is 0 Å². The lowest BCUT2D eigenvalue weighted by molar-refractivity contribution is 0.0692. The van der Waals surface area contributed by atoms with Crippen molar-refractivity contribution in [3.8, 4) is 10.4 Å². The average molecular weight is 522 g/mol. The van der Waals surface area contributed by atoms with Gasteiger partial charge in [-0.25, -0.2) is 18.7 Å². The van der Waals surface area contributed by atoms with E-state index < -0.39 is 23.8 Å². The predicted octanol–water partition coefficient (Wildman–Crippen LogP) is 4.62. The van der Waals surface area contributed by atoms with Gasteiger partial charge in [0.2, 0.25) is 0 Å². The Morgan fingerprint density at radius 2 is 2.06 bits per heavy atom. The molecule has 196 valence electrons. The summed E-state index contributed by atoms with van der Waals surface area (Å²) in [6.45, 7) is 7.56. The van der Waals surface area contributed by atoms with Crippen LogP contribution in [0, 0.1) is 0 Å². The van der Waals surface area contributed by atoms with E-state index in [0.29, 0.717) is 12.4 Å². The highest BCUT2D eigenvalue weighted by Gasteiger charge is 2.34. The van der Waals surface area contributed by atoms with E-state index in [9.17, 15) is 23.5 Å². The minimum Gasteiger partial charge on any atom is -0.389 e. The smallest absolute Gasteiger partial charge is 0.280 e. The fraction of sp³-hybridized carbons (Fsp3) is 0.600. The van der Waals surface area contributed by atoms with E-state index in [-0.39, 0.29) is 44.8 Å². The molecule has 1 aliphatic carbocycles. The second-order valence-electron chi connectivity index (χ2n) is 10.7. The van der Waals surface area contributed by atoms with Crippen LogP contribution >= 0.6 is 11.3 Å². The molecule has 2 aliphatic rings. The normalized spacial score (nSPS) is 19.3. The van der Waals surface area contributed by atoms with Crippen LogP contribution in [0.25, 0.3) is 10.4 Å². The van der Waals surface area contributed by atoms with E-state index in [0.717, 1.165) is 43.4 Å². The number of thiazole rings is 1. The maximum Gasteiger partial charge on any atom is 0.280 e. The maximum atomic E-state index is 14.3. The summed E-state index contributed by atoms with van der Waals surface area (Å²) < 4.78 is 28.5. The Balaban J connectivity index is 1.74. The SMILES string of the molecule is CC1CCCN1C(=O)c1nc(C(=O)NCC(C)(C)O)sc1-c1cnc(NC2(C)CCC2)cc1C(F)F. The van der Waals surface area contributed by atoms with Crippen molar-refractivity contribution < 1.29 is 23.5 Å². The van der Waals surface area contributed by atoms with Gasteiger partial charge in [-0.05, 0) is 65.9 Å². The molecule has 1 atom stereocenters. The maximum absolute atomic E-state index is 14.3. The first-order chi connectivity index (χ1) is 16.9. The van der Waals surface area contributed by atoms with Gasteiger partial charge >= 0.3 is 0 Å². The van der Waals surface area contributed by atoms with E-state index in [1.165, 1.54) is 12.3 Å². The Bertz CT molecular complexity index is 1140. The molecule has 0 spiro atoms. The Hall–Kier alpha value is -2.66. The molecular weight excluding hydrogens is 488 g/mol. The third-order valence-electron chi connectivity index (χ3n) is 6.82. The molecule has 4 rings (SSSR count). The molecule has 2 amide bonds. The zero-order valence-corrected chi connectivity index (χ0v) is 21.8. The summed E-state index contributed by atoms with van der Waals surface area (Å²) in [6.07, 6.45) is 3.14. The van der Waals surface area contributed by atoms with Gasteiger partial charge in [-0.2, -0.15) is 0 Å². The highest BCUT2D eigenvalue weighted by molar-refractivity contribution is 7.17. The lowest BCUT2D eigenvalue weighted by atomic mass is 9.78. The van der Waals surface area contributed by atoms with Gasteiger partial charge in [0.15, 0.2) is 5.01 Å². The molecule has 1 unspecified atom stereocenters. The molecule has 3 N–H and O–H groups in total. The Morgan fingerprint density at radius 3 is 2.61 bits per heavy atom. The quantitative estimate of drug-likeness (QED) is 0.468. The minimum absolute atomic E-state index is 0.0120. The first kappa shape index (κ1) is 26.4. The first-order valence-corrected chi connectivity index (χ1v) is 13.1. The summed E-state index contributed by atoms with van der Waals surface area (Å²) in [5, 5.41) is 15.8. The molecule has 8 nitrogen and oxygen atoms in total. The van der Waals surface area contributed by atoms with Gasteiger partial charge in [0.05, 0.1) is 10.5 Å². The van der Waals surface area contributed by atoms with Crippen molar-refractivity contribution >= 4 is 29.0 Å². The van der Waals surface area contributed by atoms with Crippen molar-refractivity contribution in [3.05, 3.63) is 28.5 Å². The summed E-state index contributed by atoms with van der Waals surface area (Å²) in [5.74, 6) is -0.623. The molecule has 2 fully saturated rings. The molecule has 11 heteroatoms. The number of pyridine rings is 1. The summed E-state index contributed by atoms with van der Waals surface area (Å²) >= 11 is 0.880. The lowest BCUT2D eigenvalue weighted by Crippen LogP contribution is -2.41. The third kappa shape index (κ3) is 5.67. The molecule has 2 aromatic rings. The molecule has 1 saturated heterocycles. The number of hydrogen-bond acceptors (Lipinski definition) is 7. The van der Waals surface area contributed by atoms with Gasteiger partial charge in [-0.3, -0.25) is 9.59 Å². The van der Waals surface area contributed by atoms with Gasteiger partial charge in [0.1, 0.15) is 11.5 Å². The number of hydrogen-bond donors (Lipinski definition) is 3. The lowest BCUT2D eigenvalue weighted by Gasteiger charge is -2.39. The Labute approximate surface area is 213 Å². The molecule has 0 aromatic carbocycles. The zero-order valence-electron chi connectivity index (χ0n) is 21.0. The number of amides is 2. The number of halogens is 2. The molecule has 0 bridgehead atoms. The van der Waals surface area contributed by atoms with Crippen LogP contribution in [0.3, 0.4) is 0 Å². The van der Waals surface area contributed by atoms with Gasteiger partial charge in [0.25, 0.3) is 18.2 Å². The van der Waals surface area contributed by atoms with Gasteiger partial charge in [-0.1, -0.05) is 0 Å². The molecule has 1 saturated carbocycles. The van der Waals surface area contributed by atoms with Crippen molar-refractivity contribution in [2.75, 3.05) is 18.4 Å². The van der Waals surface area contributed by atoms with Crippen molar-refractivity contribution in [2.24, 2.45) is 0 Å². The van der Waals surface area contributed by atoms with Crippen molar-refractivity contribution in [2.45, 2.75) is 83.4 Å². The van der Waals surface area contributed by atoms with Crippen LogP contribution in [0.4, 0.5) is 14.6 Å². The zero-order chi connectivity index (χ0) is 26.3. The number of carbonyl (C=O) groups excluding carboxylic acids is 2. The number of alkyl halides is 2. The Kier molecular flexibility index (Phi) is 7.34. The number of anilines is 1. The van der Waals surface area contributed by atoms with Gasteiger partial charge < -0.3 is 20.6 Å². The van der Waals surface area contributed by atoms with Crippen molar-refractivity contribution in [1.82, 2.24) is 20.2 Å². The second-order valence-corrected chi connectivity index (χ2v) is 11.7. The predicted molar refractivity (Wildman–Crippen MR) is 135 cm³/mol. The summed E-state index contributed by atoms with van der Waals surface area (Å²) in [4.78, 5) is 36.8. The van der Waals surface area contributed by atoms with Crippen LogP contribution in [0.2, 0.25) is 0 Å². The standard InChI is InChI=1S/C25H33F2N5O3S/c1-14-7-5-10-32(14)23(34)18-19(36-22(30-18)21(33)29-13-24(2,3)35)16-12-28-17(11-15(16)20(26)27)31-25(4)8-6-9-25/h11-12,14,20,35H,5-10,13H2,1-4H3,(H,28,31)(H,29,33). The summed E-state index contributed by atoms with van der Waals surface area (Å²) in [7, 11) is 0. The van der Waals surface area contributed by atoms with E-state index in [1.54, 1.807) is 18.7 Å². The summed E-state index contributed by atoms with van der Waals surface area (Å²) in [5.41, 5.74) is -1.53. The fourth-order valence-corrected chi connectivity index (χ4v) is 5.54. The van der Waals surface area contributed by atoms with Crippen LogP contribution in [-0.2, 0) is 0 Å². The fourth-order valence-electron chi connectivity index (χ4n) is 4.54. The van der Waals surface area contributed by atoms with E-state index in [2.05, 4.69) is 20.6 Å². The Morgan fingerprint density at radius 1 is 1.33 bits per heavy atom. The average Bonchev–Trinajstić information content (AvgIpc) is 3.42. The second kappa shape index (κ2) is 10.0. The number of aliphatic hydroxyl groups is 1. The molecule has 0 radical (unpaired) electrons. The van der Waals surface area contributed by atoms with Crippen LogP contribution in [0.1, 0.15) is 92.1 Å². The molecule has 3 heterocycles. The number of aromatic nitrogens is 2. The number of likely N-dealkylation sites (tertiary alicyclic amines) is 1. The van der Waals surface area contributed by atoms with Gasteiger partial charge in [0, 0.05) is 42.0 Å². The van der Waals surface area contributed by atoms with E-state index in [4.69, 9.17) is 0 Å². The largest absolute Gasteiger partial charge is 0.389 e. The number of nitrogens with zero attached hydrogens (tertiary/aromatic N) is 3. The minimum atomic E-state index is -2.82. The van der Waals surface area contributed by atoms with E-state index in [1.807, 2.05) is 13.8 Å². The number of nitrogens with one attached hydrogen (secondary N) is 2. The van der Waals surface area contributed by atoms with Crippen LogP contribution < -0.4 is 10.6 Å². The highest BCUT2D eigenvalue weighted by atomic mass is 32.1. The van der Waals surface area contributed by atoms with Crippen molar-refractivity contribution in [1.29, 1.82) is 0 Å². The molecular formula is C25H33F2N5O3S. The highest BCUT2D eigenvalue weighted by Crippen LogP contribution is 2.40. The number of carbonyl (C=O) groups is 2. The molecule has 2 aromatic heterocycles. The van der Waals surface area contributed by atoms with Gasteiger partial charge in [-0.15, -0.1) is 11.3 Å². The van der Waals surface area contributed by atoms with Crippen LogP contribution in [0.5, 0.6) is 0 Å². The third-order valence-corrected chi connectivity index (χ3v) is 7.91.